The minimum Gasteiger partial charge on any atom is -0.478 e. The van der Waals surface area contributed by atoms with Crippen molar-refractivity contribution in [3.05, 3.63) is 113 Å². The number of hydrogen-bond donors (Lipinski definition) is 2. The molecule has 5 nitrogen and oxygen atoms in total. The van der Waals surface area contributed by atoms with E-state index in [1.807, 2.05) is 37.3 Å². The summed E-state index contributed by atoms with van der Waals surface area (Å²) in [7, 11) is 0. The first kappa shape index (κ1) is 21.0. The first-order chi connectivity index (χ1) is 15.4. The van der Waals surface area contributed by atoms with Crippen LogP contribution >= 0.6 is 0 Å². The van der Waals surface area contributed by atoms with E-state index in [9.17, 15) is 19.8 Å². The molecule has 0 atom stereocenters. The van der Waals surface area contributed by atoms with Crippen molar-refractivity contribution < 1.29 is 19.8 Å². The third-order valence-corrected chi connectivity index (χ3v) is 5.42. The van der Waals surface area contributed by atoms with E-state index in [2.05, 4.69) is 4.98 Å². The SMILES string of the molecule is Cc1cccnc1Cc1cc(-c2ccccc2C(=O)O)cc(-c2ccccc2C(=O)O)c1. The van der Waals surface area contributed by atoms with Crippen molar-refractivity contribution in [1.29, 1.82) is 0 Å². The number of aryl methyl sites for hydroxylation is 1. The molecule has 0 bridgehead atoms. The summed E-state index contributed by atoms with van der Waals surface area (Å²) >= 11 is 0. The Morgan fingerprint density at radius 2 is 1.28 bits per heavy atom. The van der Waals surface area contributed by atoms with Crippen molar-refractivity contribution in [1.82, 2.24) is 4.98 Å². The maximum absolute atomic E-state index is 11.8. The Hall–Kier alpha value is -4.25. The molecule has 1 heterocycles. The molecule has 0 aliphatic heterocycles. The lowest BCUT2D eigenvalue weighted by molar-refractivity contribution is 0.0687. The summed E-state index contributed by atoms with van der Waals surface area (Å²) in [6, 6.07) is 23.2. The van der Waals surface area contributed by atoms with Crippen molar-refractivity contribution in [3.63, 3.8) is 0 Å². The second-order valence-electron chi connectivity index (χ2n) is 7.56. The fourth-order valence-corrected chi connectivity index (χ4v) is 3.84. The summed E-state index contributed by atoms with van der Waals surface area (Å²) in [5.74, 6) is -2.03. The molecule has 0 spiro atoms. The Kier molecular flexibility index (Phi) is 5.81. The number of nitrogens with zero attached hydrogens (tertiary/aromatic N) is 1. The summed E-state index contributed by atoms with van der Waals surface area (Å²) in [4.78, 5) is 28.1. The quantitative estimate of drug-likeness (QED) is 0.415. The molecule has 32 heavy (non-hydrogen) atoms. The van der Waals surface area contributed by atoms with Crippen LogP contribution < -0.4 is 0 Å². The minimum absolute atomic E-state index is 0.191. The second-order valence-corrected chi connectivity index (χ2v) is 7.56. The van der Waals surface area contributed by atoms with Gasteiger partial charge < -0.3 is 10.2 Å². The molecule has 0 unspecified atom stereocenters. The van der Waals surface area contributed by atoms with Crippen LogP contribution in [0, 0.1) is 6.92 Å². The maximum Gasteiger partial charge on any atom is 0.336 e. The molecule has 0 amide bonds. The van der Waals surface area contributed by atoms with Gasteiger partial charge in [0.25, 0.3) is 0 Å². The van der Waals surface area contributed by atoms with Gasteiger partial charge in [-0.15, -0.1) is 0 Å². The number of carboxylic acid groups (broad SMARTS) is 2. The van der Waals surface area contributed by atoms with Gasteiger partial charge >= 0.3 is 11.9 Å². The third kappa shape index (κ3) is 4.27. The summed E-state index contributed by atoms with van der Waals surface area (Å²) in [6.07, 6.45) is 2.28. The van der Waals surface area contributed by atoms with Gasteiger partial charge in [0, 0.05) is 18.3 Å². The van der Waals surface area contributed by atoms with Gasteiger partial charge in [-0.25, -0.2) is 9.59 Å². The molecule has 2 N–H and O–H groups in total. The molecule has 0 aliphatic carbocycles. The summed E-state index contributed by atoms with van der Waals surface area (Å²) < 4.78 is 0. The molecule has 1 aromatic heterocycles. The average Bonchev–Trinajstić information content (AvgIpc) is 2.80. The number of rotatable bonds is 6. The fraction of sp³-hybridized carbons (Fsp3) is 0.0741. The van der Waals surface area contributed by atoms with Crippen LogP contribution in [0.1, 0.15) is 37.5 Å². The second kappa shape index (κ2) is 8.86. The standard InChI is InChI=1S/C27H21NO4/c1-17-7-6-12-28-25(17)15-18-13-19(21-8-2-4-10-23(21)26(29)30)16-20(14-18)22-9-3-5-11-24(22)27(31)32/h2-14,16H,15H2,1H3,(H,29,30)(H,31,32). The molecular weight excluding hydrogens is 402 g/mol. The molecule has 158 valence electrons. The molecule has 3 aromatic carbocycles. The van der Waals surface area contributed by atoms with E-state index in [1.165, 1.54) is 0 Å². The van der Waals surface area contributed by atoms with Gasteiger partial charge in [-0.1, -0.05) is 54.6 Å². The van der Waals surface area contributed by atoms with Gasteiger partial charge in [0.05, 0.1) is 11.1 Å². The third-order valence-electron chi connectivity index (χ3n) is 5.42. The van der Waals surface area contributed by atoms with Gasteiger partial charge in [0.1, 0.15) is 0 Å². The minimum atomic E-state index is -1.01. The van der Waals surface area contributed by atoms with Gasteiger partial charge in [0.15, 0.2) is 0 Å². The molecule has 0 fully saturated rings. The van der Waals surface area contributed by atoms with E-state index in [0.29, 0.717) is 28.7 Å². The predicted octanol–water partition coefficient (Wildman–Crippen LogP) is 5.71. The summed E-state index contributed by atoms with van der Waals surface area (Å²) in [5.41, 5.74) is 5.84. The number of carboxylic acids is 2. The lowest BCUT2D eigenvalue weighted by atomic mass is 9.90. The van der Waals surface area contributed by atoms with Gasteiger partial charge in [0.2, 0.25) is 0 Å². The first-order valence-electron chi connectivity index (χ1n) is 10.1. The Bertz CT molecular complexity index is 1250. The average molecular weight is 423 g/mol. The number of benzene rings is 3. The van der Waals surface area contributed by atoms with Crippen LogP contribution in [0.5, 0.6) is 0 Å². The Morgan fingerprint density at radius 3 is 1.78 bits per heavy atom. The molecule has 5 heteroatoms. The van der Waals surface area contributed by atoms with E-state index in [4.69, 9.17) is 0 Å². The lowest BCUT2D eigenvalue weighted by Crippen LogP contribution is -2.02. The molecular formula is C27H21NO4. The molecule has 4 aromatic rings. The zero-order chi connectivity index (χ0) is 22.7. The monoisotopic (exact) mass is 423 g/mol. The van der Waals surface area contributed by atoms with E-state index in [-0.39, 0.29) is 11.1 Å². The van der Waals surface area contributed by atoms with Crippen LogP contribution in [0.4, 0.5) is 0 Å². The highest BCUT2D eigenvalue weighted by atomic mass is 16.4. The number of hydrogen-bond acceptors (Lipinski definition) is 3. The van der Waals surface area contributed by atoms with Crippen LogP contribution in [0.25, 0.3) is 22.3 Å². The predicted molar refractivity (Wildman–Crippen MR) is 123 cm³/mol. The van der Waals surface area contributed by atoms with Crippen LogP contribution in [0.2, 0.25) is 0 Å². The van der Waals surface area contributed by atoms with Gasteiger partial charge in [-0.2, -0.15) is 0 Å². The van der Waals surface area contributed by atoms with Crippen LogP contribution in [-0.2, 0) is 6.42 Å². The molecule has 0 radical (unpaired) electrons. The fourth-order valence-electron chi connectivity index (χ4n) is 3.84. The first-order valence-corrected chi connectivity index (χ1v) is 10.1. The van der Waals surface area contributed by atoms with Crippen LogP contribution in [0.15, 0.2) is 85.1 Å². The highest BCUT2D eigenvalue weighted by molar-refractivity contribution is 5.98. The van der Waals surface area contributed by atoms with Crippen molar-refractivity contribution in [2.24, 2.45) is 0 Å². The number of aromatic carboxylic acids is 2. The van der Waals surface area contributed by atoms with Gasteiger partial charge in [-0.05, 0) is 64.6 Å². The zero-order valence-corrected chi connectivity index (χ0v) is 17.4. The number of pyridine rings is 1. The topological polar surface area (TPSA) is 87.5 Å². The molecule has 0 saturated carbocycles. The normalized spacial score (nSPS) is 10.7. The van der Waals surface area contributed by atoms with E-state index in [0.717, 1.165) is 16.8 Å². The van der Waals surface area contributed by atoms with E-state index < -0.39 is 11.9 Å². The number of carbonyl (C=O) groups is 2. The smallest absolute Gasteiger partial charge is 0.336 e. The molecule has 0 saturated heterocycles. The highest BCUT2D eigenvalue weighted by Gasteiger charge is 2.16. The van der Waals surface area contributed by atoms with Crippen LogP contribution in [-0.4, -0.2) is 27.1 Å². The van der Waals surface area contributed by atoms with Crippen molar-refractivity contribution in [2.75, 3.05) is 0 Å². The lowest BCUT2D eigenvalue weighted by Gasteiger charge is -2.14. The molecule has 4 rings (SSSR count). The Balaban J connectivity index is 1.94. The summed E-state index contributed by atoms with van der Waals surface area (Å²) in [5, 5.41) is 19.4. The van der Waals surface area contributed by atoms with Crippen LogP contribution in [0.3, 0.4) is 0 Å². The van der Waals surface area contributed by atoms with E-state index in [1.54, 1.807) is 54.7 Å². The highest BCUT2D eigenvalue weighted by Crippen LogP contribution is 2.33. The zero-order valence-electron chi connectivity index (χ0n) is 17.4. The molecule has 0 aliphatic rings. The van der Waals surface area contributed by atoms with Crippen molar-refractivity contribution in [3.8, 4) is 22.3 Å². The van der Waals surface area contributed by atoms with Crippen molar-refractivity contribution >= 4 is 11.9 Å². The van der Waals surface area contributed by atoms with Crippen molar-refractivity contribution in [2.45, 2.75) is 13.3 Å². The Morgan fingerprint density at radius 1 is 0.750 bits per heavy atom. The maximum atomic E-state index is 11.8. The van der Waals surface area contributed by atoms with E-state index >= 15 is 0 Å². The Labute approximate surface area is 185 Å². The van der Waals surface area contributed by atoms with Gasteiger partial charge in [-0.3, -0.25) is 4.98 Å². The largest absolute Gasteiger partial charge is 0.478 e. The summed E-state index contributed by atoms with van der Waals surface area (Å²) in [6.45, 7) is 1.99. The number of aromatic nitrogens is 1.